The van der Waals surface area contributed by atoms with E-state index in [0.717, 1.165) is 74.6 Å². The van der Waals surface area contributed by atoms with Gasteiger partial charge < -0.3 is 20.1 Å². The maximum Gasteiger partial charge on any atom is 0.341 e. The first-order valence-corrected chi connectivity index (χ1v) is 16.4. The minimum Gasteiger partial charge on any atom is -0.482 e. The Bertz CT molecular complexity index is 1040. The van der Waals surface area contributed by atoms with Crippen LogP contribution in [0.2, 0.25) is 0 Å². The van der Waals surface area contributed by atoms with Gasteiger partial charge in [-0.05, 0) is 93.1 Å². The van der Waals surface area contributed by atoms with Crippen LogP contribution in [-0.2, 0) is 4.79 Å². The number of carbonyl (C=O) groups excluding carboxylic acids is 1. The Balaban J connectivity index is 0.000000259. The van der Waals surface area contributed by atoms with Crippen molar-refractivity contribution in [2.75, 3.05) is 24.6 Å². The standard InChI is InChI=1S/C22H31N3O4.C11H20.C2H2/c1-15-7-8-16-11-18(13-20(15)23-16)25(22(28)24-9-2-3-10-24)17-5-4-6-19(12-17)29-14-21(26)27;1-8-6-9(2)11-5-3-4-10(8)7-11;1-2/h4-6,12,15-16,18,20,23H,2-3,7-11,13-14H2,1H3,(H,26,27);8-11H,3-7H2,1-2H3;1-2H/t15?,16-,18+,20?;8?,9?,10-,11?;/m11./s1. The van der Waals surface area contributed by atoms with Gasteiger partial charge in [-0.2, -0.15) is 0 Å². The average Bonchev–Trinajstić information content (AvgIpc) is 3.55. The summed E-state index contributed by atoms with van der Waals surface area (Å²) in [5, 5.41) is 12.7. The molecule has 0 radical (unpaired) electrons. The van der Waals surface area contributed by atoms with Crippen molar-refractivity contribution < 1.29 is 19.4 Å². The molecule has 232 valence electrons. The van der Waals surface area contributed by atoms with Gasteiger partial charge in [-0.1, -0.05) is 46.1 Å². The van der Waals surface area contributed by atoms with Gasteiger partial charge in [0, 0.05) is 43.0 Å². The SMILES string of the molecule is C#C.CC1CC(C)[C@@H]2CCCC1C2.CC1CC[C@@H]2C[C@H](N(C(=O)N3CCCC3)c3cccc(OCC(=O)O)c3)CC1N2. The number of carboxylic acid groups (broad SMARTS) is 1. The zero-order chi connectivity index (χ0) is 30.2. The molecule has 0 aromatic heterocycles. The number of benzene rings is 1. The van der Waals surface area contributed by atoms with Crippen LogP contribution in [0.3, 0.4) is 0 Å². The Morgan fingerprint density at radius 2 is 1.62 bits per heavy atom. The summed E-state index contributed by atoms with van der Waals surface area (Å²) >= 11 is 0. The number of terminal acetylenes is 1. The highest BCUT2D eigenvalue weighted by Gasteiger charge is 2.40. The third-order valence-electron chi connectivity index (χ3n) is 10.7. The zero-order valence-corrected chi connectivity index (χ0v) is 26.0. The number of nitrogens with zero attached hydrogens (tertiary/aromatic N) is 2. The number of amides is 2. The second-order valence-corrected chi connectivity index (χ2v) is 13.6. The summed E-state index contributed by atoms with van der Waals surface area (Å²) in [6, 6.07) is 8.40. The number of anilines is 1. The highest BCUT2D eigenvalue weighted by Crippen LogP contribution is 2.45. The number of fused-ring (bicyclic) bond motifs is 4. The van der Waals surface area contributed by atoms with Crippen molar-refractivity contribution in [2.45, 2.75) is 110 Å². The van der Waals surface area contributed by atoms with E-state index in [0.29, 0.717) is 23.8 Å². The van der Waals surface area contributed by atoms with Crippen LogP contribution in [0.15, 0.2) is 24.3 Å². The minimum atomic E-state index is -1.01. The van der Waals surface area contributed by atoms with Gasteiger partial charge in [0.1, 0.15) is 5.75 Å². The number of hydrogen-bond donors (Lipinski definition) is 2. The Labute approximate surface area is 253 Å². The molecular weight excluding hydrogens is 526 g/mol. The minimum absolute atomic E-state index is 0.0653. The number of likely N-dealkylation sites (tertiary alicyclic amines) is 1. The highest BCUT2D eigenvalue weighted by molar-refractivity contribution is 5.93. The maximum absolute atomic E-state index is 13.5. The number of rotatable bonds is 5. The molecule has 4 bridgehead atoms. The van der Waals surface area contributed by atoms with Crippen LogP contribution in [0.1, 0.15) is 91.4 Å². The number of nitrogens with one attached hydrogen (secondary N) is 1. The predicted molar refractivity (Wildman–Crippen MR) is 169 cm³/mol. The summed E-state index contributed by atoms with van der Waals surface area (Å²) in [4.78, 5) is 28.3. The number of piperidine rings is 2. The smallest absolute Gasteiger partial charge is 0.341 e. The molecule has 7 heteroatoms. The Morgan fingerprint density at radius 1 is 0.929 bits per heavy atom. The number of hydrogen-bond acceptors (Lipinski definition) is 4. The summed E-state index contributed by atoms with van der Waals surface area (Å²) in [6.07, 6.45) is 22.0. The fourth-order valence-corrected chi connectivity index (χ4v) is 8.31. The summed E-state index contributed by atoms with van der Waals surface area (Å²) in [5.74, 6) is 4.34. The number of urea groups is 1. The fraction of sp³-hybridized carbons (Fsp3) is 0.714. The fourth-order valence-electron chi connectivity index (χ4n) is 8.31. The molecule has 2 aliphatic carbocycles. The first-order chi connectivity index (χ1) is 20.3. The quantitative estimate of drug-likeness (QED) is 0.375. The largest absolute Gasteiger partial charge is 0.482 e. The average molecular weight is 580 g/mol. The lowest BCUT2D eigenvalue weighted by atomic mass is 9.63. The molecule has 1 aromatic rings. The van der Waals surface area contributed by atoms with Gasteiger partial charge in [-0.25, -0.2) is 9.59 Å². The van der Waals surface area contributed by atoms with Crippen molar-refractivity contribution in [3.8, 4) is 18.6 Å². The van der Waals surface area contributed by atoms with Crippen LogP contribution in [0.5, 0.6) is 5.75 Å². The molecule has 5 fully saturated rings. The van der Waals surface area contributed by atoms with E-state index in [4.69, 9.17) is 9.84 Å². The number of aliphatic carboxylic acids is 1. The van der Waals surface area contributed by atoms with Crippen LogP contribution in [0.4, 0.5) is 10.5 Å². The van der Waals surface area contributed by atoms with E-state index >= 15 is 0 Å². The van der Waals surface area contributed by atoms with E-state index in [-0.39, 0.29) is 12.1 Å². The molecule has 8 atom stereocenters. The normalized spacial score (nSPS) is 33.2. The zero-order valence-electron chi connectivity index (χ0n) is 26.0. The van der Waals surface area contributed by atoms with Crippen molar-refractivity contribution in [3.05, 3.63) is 24.3 Å². The van der Waals surface area contributed by atoms with E-state index in [2.05, 4.69) is 38.9 Å². The van der Waals surface area contributed by atoms with Crippen molar-refractivity contribution in [1.82, 2.24) is 10.2 Å². The molecule has 42 heavy (non-hydrogen) atoms. The van der Waals surface area contributed by atoms with E-state index in [1.165, 1.54) is 32.1 Å². The Hall–Kier alpha value is -2.72. The summed E-state index contributed by atoms with van der Waals surface area (Å²) in [6.45, 7) is 8.44. The van der Waals surface area contributed by atoms with Gasteiger partial charge in [0.05, 0.1) is 0 Å². The summed E-state index contributed by atoms with van der Waals surface area (Å²) in [7, 11) is 0. The van der Waals surface area contributed by atoms with Crippen LogP contribution in [0, 0.1) is 42.4 Å². The predicted octanol–water partition coefficient (Wildman–Crippen LogP) is 6.81. The second kappa shape index (κ2) is 15.1. The van der Waals surface area contributed by atoms with Gasteiger partial charge in [0.2, 0.25) is 0 Å². The van der Waals surface area contributed by atoms with E-state index in [1.807, 2.05) is 21.9 Å². The molecule has 1 aromatic carbocycles. The second-order valence-electron chi connectivity index (χ2n) is 13.6. The van der Waals surface area contributed by atoms with Crippen LogP contribution >= 0.6 is 0 Å². The molecule has 7 nitrogen and oxygen atoms in total. The molecule has 6 rings (SSSR count). The van der Waals surface area contributed by atoms with E-state index < -0.39 is 12.6 Å². The van der Waals surface area contributed by atoms with Crippen molar-refractivity contribution >= 4 is 17.7 Å². The van der Waals surface area contributed by atoms with E-state index in [1.54, 1.807) is 18.6 Å². The number of carbonyl (C=O) groups is 2. The maximum atomic E-state index is 13.5. The molecule has 5 unspecified atom stereocenters. The third-order valence-corrected chi connectivity index (χ3v) is 10.7. The molecule has 0 spiro atoms. The first-order valence-electron chi connectivity index (χ1n) is 16.4. The lowest BCUT2D eigenvalue weighted by molar-refractivity contribution is -0.139. The number of ether oxygens (including phenoxy) is 1. The molecule has 3 heterocycles. The van der Waals surface area contributed by atoms with Crippen LogP contribution in [-0.4, -0.2) is 59.8 Å². The van der Waals surface area contributed by atoms with Crippen molar-refractivity contribution in [2.24, 2.45) is 29.6 Å². The topological polar surface area (TPSA) is 82.1 Å². The molecule has 3 aliphatic heterocycles. The third kappa shape index (κ3) is 8.01. The molecule has 2 saturated carbocycles. The summed E-state index contributed by atoms with van der Waals surface area (Å²) < 4.78 is 5.38. The molecule has 5 aliphatic rings. The Morgan fingerprint density at radius 3 is 2.29 bits per heavy atom. The van der Waals surface area contributed by atoms with Crippen LogP contribution in [0.25, 0.3) is 0 Å². The van der Waals surface area contributed by atoms with Gasteiger partial charge in [0.25, 0.3) is 0 Å². The monoisotopic (exact) mass is 579 g/mol. The lowest BCUT2D eigenvalue weighted by Gasteiger charge is -2.47. The van der Waals surface area contributed by atoms with Gasteiger partial charge >= 0.3 is 12.0 Å². The molecule has 2 N–H and O–H groups in total. The van der Waals surface area contributed by atoms with Crippen molar-refractivity contribution in [3.63, 3.8) is 0 Å². The van der Waals surface area contributed by atoms with Gasteiger partial charge in [0.15, 0.2) is 6.61 Å². The Kier molecular flexibility index (Phi) is 11.6. The first kappa shape index (κ1) is 32.2. The van der Waals surface area contributed by atoms with Gasteiger partial charge in [-0.15, -0.1) is 12.8 Å². The van der Waals surface area contributed by atoms with E-state index in [9.17, 15) is 9.59 Å². The highest BCUT2D eigenvalue weighted by atomic mass is 16.5. The summed E-state index contributed by atoms with van der Waals surface area (Å²) in [5.41, 5.74) is 0.794. The van der Waals surface area contributed by atoms with Gasteiger partial charge in [-0.3, -0.25) is 4.90 Å². The lowest BCUT2D eigenvalue weighted by Crippen LogP contribution is -2.59. The van der Waals surface area contributed by atoms with Crippen molar-refractivity contribution in [1.29, 1.82) is 0 Å². The molecule has 2 amide bonds. The van der Waals surface area contributed by atoms with Crippen LogP contribution < -0.4 is 15.0 Å². The molecular formula is C35H53N3O4. The molecule has 3 saturated heterocycles. The number of carboxylic acids is 1.